The van der Waals surface area contributed by atoms with Crippen LogP contribution in [-0.2, 0) is 0 Å². The Morgan fingerprint density at radius 1 is 1.15 bits per heavy atom. The van der Waals surface area contributed by atoms with Crippen LogP contribution in [0.3, 0.4) is 0 Å². The molecule has 4 rings (SSSR count). The number of methoxy groups -OCH3 is 1. The van der Waals surface area contributed by atoms with Crippen molar-refractivity contribution in [3.8, 4) is 22.8 Å². The number of nitrogens with one attached hydrogen (secondary N) is 1. The van der Waals surface area contributed by atoms with E-state index in [1.807, 2.05) is 12.1 Å². The number of hydrogen-bond donors (Lipinski definition) is 1. The summed E-state index contributed by atoms with van der Waals surface area (Å²) in [7, 11) is 1.46. The van der Waals surface area contributed by atoms with E-state index in [0.29, 0.717) is 40.4 Å². The lowest BCUT2D eigenvalue weighted by atomic mass is 9.96. The Balaban J connectivity index is 1.54. The first-order valence-electron chi connectivity index (χ1n) is 11.0. The van der Waals surface area contributed by atoms with Crippen LogP contribution in [0.15, 0.2) is 36.5 Å². The third-order valence-corrected chi connectivity index (χ3v) is 5.99. The molecule has 3 aromatic rings. The minimum Gasteiger partial charge on any atom is -0.496 e. The van der Waals surface area contributed by atoms with Gasteiger partial charge in [0.25, 0.3) is 0 Å². The van der Waals surface area contributed by atoms with Gasteiger partial charge in [-0.25, -0.2) is 9.50 Å². The third-order valence-electron chi connectivity index (χ3n) is 5.99. The Morgan fingerprint density at radius 3 is 2.58 bits per heavy atom. The molecule has 1 fully saturated rings. The molecular formula is C23H28F3N5O2. The second kappa shape index (κ2) is 9.46. The van der Waals surface area contributed by atoms with E-state index >= 15 is 0 Å². The van der Waals surface area contributed by atoms with E-state index in [4.69, 9.17) is 4.74 Å². The third kappa shape index (κ3) is 5.50. The maximum Gasteiger partial charge on any atom is 0.573 e. The zero-order valence-electron chi connectivity index (χ0n) is 18.9. The van der Waals surface area contributed by atoms with Crippen LogP contribution in [0.1, 0.15) is 26.7 Å². The van der Waals surface area contributed by atoms with Crippen molar-refractivity contribution in [3.05, 3.63) is 36.5 Å². The molecule has 33 heavy (non-hydrogen) atoms. The van der Waals surface area contributed by atoms with Crippen LogP contribution in [-0.4, -0.2) is 58.6 Å². The number of hydrogen-bond acceptors (Lipinski definition) is 6. The average molecular weight is 464 g/mol. The van der Waals surface area contributed by atoms with E-state index in [1.54, 1.807) is 10.7 Å². The summed E-state index contributed by atoms with van der Waals surface area (Å²) in [5, 5.41) is 8.04. The van der Waals surface area contributed by atoms with Crippen molar-refractivity contribution in [1.82, 2.24) is 19.5 Å². The Bertz CT molecular complexity index is 1090. The predicted molar refractivity (Wildman–Crippen MR) is 120 cm³/mol. The van der Waals surface area contributed by atoms with Crippen molar-refractivity contribution in [2.45, 2.75) is 39.1 Å². The van der Waals surface area contributed by atoms with Gasteiger partial charge in [-0.05, 0) is 76.0 Å². The number of aromatic nitrogens is 3. The Morgan fingerprint density at radius 2 is 1.91 bits per heavy atom. The highest BCUT2D eigenvalue weighted by Crippen LogP contribution is 2.35. The van der Waals surface area contributed by atoms with Gasteiger partial charge in [0.2, 0.25) is 0 Å². The molecule has 1 N–H and O–H groups in total. The van der Waals surface area contributed by atoms with E-state index in [2.05, 4.69) is 38.9 Å². The van der Waals surface area contributed by atoms with Crippen molar-refractivity contribution < 1.29 is 22.6 Å². The van der Waals surface area contributed by atoms with E-state index < -0.39 is 6.36 Å². The standard InChI is InChI=1S/C23H28F3N5O2/c1-15(2)30-10-8-16(9-11-30)13-27-21-6-7-22-28-14-19(31(22)29-21)18-12-17(33-23(24,25)26)4-5-20(18)32-3/h4-7,12,14-16H,8-11,13H2,1-3H3,(H,27,29). The van der Waals surface area contributed by atoms with Gasteiger partial charge in [0, 0.05) is 18.2 Å². The number of nitrogens with zero attached hydrogens (tertiary/aromatic N) is 4. The monoisotopic (exact) mass is 463 g/mol. The fraction of sp³-hybridized carbons (Fsp3) is 0.478. The van der Waals surface area contributed by atoms with Crippen LogP contribution < -0.4 is 14.8 Å². The number of benzene rings is 1. The molecule has 1 aliphatic heterocycles. The van der Waals surface area contributed by atoms with Gasteiger partial charge in [0.1, 0.15) is 17.3 Å². The molecule has 1 saturated heterocycles. The van der Waals surface area contributed by atoms with Crippen molar-refractivity contribution in [2.75, 3.05) is 32.1 Å². The van der Waals surface area contributed by atoms with Gasteiger partial charge in [0.05, 0.1) is 19.0 Å². The number of alkyl halides is 3. The molecule has 0 amide bonds. The molecule has 10 heteroatoms. The first kappa shape index (κ1) is 23.2. The lowest BCUT2D eigenvalue weighted by Gasteiger charge is -2.34. The van der Waals surface area contributed by atoms with Gasteiger partial charge < -0.3 is 19.7 Å². The van der Waals surface area contributed by atoms with Crippen LogP contribution in [0.4, 0.5) is 19.0 Å². The lowest BCUT2D eigenvalue weighted by molar-refractivity contribution is -0.274. The Labute approximate surface area is 190 Å². The van der Waals surface area contributed by atoms with Crippen molar-refractivity contribution >= 4 is 11.5 Å². The molecule has 0 radical (unpaired) electrons. The smallest absolute Gasteiger partial charge is 0.496 e. The number of imidazole rings is 1. The zero-order chi connectivity index (χ0) is 23.6. The summed E-state index contributed by atoms with van der Waals surface area (Å²) in [6.45, 7) is 7.45. The van der Waals surface area contributed by atoms with E-state index in [1.165, 1.54) is 25.3 Å². The minimum absolute atomic E-state index is 0.338. The van der Waals surface area contributed by atoms with Gasteiger partial charge in [-0.1, -0.05) is 0 Å². The summed E-state index contributed by atoms with van der Waals surface area (Å²) in [5.41, 5.74) is 1.48. The maximum absolute atomic E-state index is 12.7. The summed E-state index contributed by atoms with van der Waals surface area (Å²) in [5.74, 6) is 1.30. The quantitative estimate of drug-likeness (QED) is 0.541. The van der Waals surface area contributed by atoms with Crippen molar-refractivity contribution in [2.24, 2.45) is 5.92 Å². The highest BCUT2D eigenvalue weighted by molar-refractivity contribution is 5.71. The van der Waals surface area contributed by atoms with Gasteiger partial charge in [-0.2, -0.15) is 0 Å². The second-order valence-corrected chi connectivity index (χ2v) is 8.50. The zero-order valence-corrected chi connectivity index (χ0v) is 18.9. The summed E-state index contributed by atoms with van der Waals surface area (Å²) < 4.78 is 49.2. The number of likely N-dealkylation sites (tertiary alicyclic amines) is 1. The van der Waals surface area contributed by atoms with Gasteiger partial charge >= 0.3 is 6.36 Å². The summed E-state index contributed by atoms with van der Waals surface area (Å²) in [6.07, 6.45) is -0.963. The maximum atomic E-state index is 12.7. The van der Waals surface area contributed by atoms with Gasteiger partial charge in [-0.3, -0.25) is 0 Å². The molecule has 0 unspecified atom stereocenters. The number of piperidine rings is 1. The molecule has 7 nitrogen and oxygen atoms in total. The van der Waals surface area contributed by atoms with E-state index in [0.717, 1.165) is 32.5 Å². The van der Waals surface area contributed by atoms with Gasteiger partial charge in [0.15, 0.2) is 5.65 Å². The molecule has 0 bridgehead atoms. The fourth-order valence-electron chi connectivity index (χ4n) is 4.16. The molecular weight excluding hydrogens is 435 g/mol. The lowest BCUT2D eigenvalue weighted by Crippen LogP contribution is -2.39. The molecule has 0 atom stereocenters. The number of anilines is 1. The first-order chi connectivity index (χ1) is 15.7. The number of ether oxygens (including phenoxy) is 2. The highest BCUT2D eigenvalue weighted by Gasteiger charge is 2.31. The Kier molecular flexibility index (Phi) is 6.64. The second-order valence-electron chi connectivity index (χ2n) is 8.50. The topological polar surface area (TPSA) is 63.9 Å². The number of fused-ring (bicyclic) bond motifs is 1. The minimum atomic E-state index is -4.79. The van der Waals surface area contributed by atoms with Gasteiger partial charge in [-0.15, -0.1) is 18.3 Å². The molecule has 0 aliphatic carbocycles. The van der Waals surface area contributed by atoms with Crippen LogP contribution in [0, 0.1) is 5.92 Å². The SMILES string of the molecule is COc1ccc(OC(F)(F)F)cc1-c1cnc2ccc(NCC3CCN(C(C)C)CC3)nn12. The van der Waals surface area contributed by atoms with Crippen LogP contribution >= 0.6 is 0 Å². The molecule has 1 aromatic carbocycles. The largest absolute Gasteiger partial charge is 0.573 e. The number of halogens is 3. The number of rotatable bonds is 7. The van der Waals surface area contributed by atoms with E-state index in [9.17, 15) is 13.2 Å². The fourth-order valence-corrected chi connectivity index (χ4v) is 4.16. The molecule has 178 valence electrons. The predicted octanol–water partition coefficient (Wildman–Crippen LogP) is 4.84. The first-order valence-corrected chi connectivity index (χ1v) is 11.0. The molecule has 0 spiro atoms. The van der Waals surface area contributed by atoms with Crippen LogP contribution in [0.5, 0.6) is 11.5 Å². The normalized spacial score (nSPS) is 15.8. The van der Waals surface area contributed by atoms with Crippen molar-refractivity contribution in [1.29, 1.82) is 0 Å². The summed E-state index contributed by atoms with van der Waals surface area (Å²) >= 11 is 0. The van der Waals surface area contributed by atoms with E-state index in [-0.39, 0.29) is 5.75 Å². The van der Waals surface area contributed by atoms with Crippen LogP contribution in [0.2, 0.25) is 0 Å². The van der Waals surface area contributed by atoms with Crippen molar-refractivity contribution in [3.63, 3.8) is 0 Å². The summed E-state index contributed by atoms with van der Waals surface area (Å²) in [4.78, 5) is 6.83. The summed E-state index contributed by atoms with van der Waals surface area (Å²) in [6, 6.07) is 8.17. The average Bonchev–Trinajstić information content (AvgIpc) is 3.20. The molecule has 0 saturated carbocycles. The Hall–Kier alpha value is -3.01. The van der Waals surface area contributed by atoms with Crippen LogP contribution in [0.25, 0.3) is 16.9 Å². The molecule has 1 aliphatic rings. The molecule has 3 heterocycles. The highest BCUT2D eigenvalue weighted by atomic mass is 19.4. The molecule has 2 aromatic heterocycles.